The Labute approximate surface area is 991 Å². The Bertz CT molecular complexity index is 3370. The zero-order valence-corrected chi connectivity index (χ0v) is 98.1. The molecule has 40 unspecified atom stereocenters. The van der Waals surface area contributed by atoms with E-state index in [0.29, 0.717) is 0 Å². The molecule has 0 aromatic rings. The fraction of sp³-hybridized carbons (Fsp3) is 0.847. The minimum atomic E-state index is -2.31. The summed E-state index contributed by atoms with van der Waals surface area (Å²) in [6, 6.07) is 0. The van der Waals surface area contributed by atoms with Crippen LogP contribution >= 0.6 is 94.1 Å². The van der Waals surface area contributed by atoms with E-state index < -0.39 is 308 Å². The molecule has 64 heteroatoms. The predicted molar refractivity (Wildman–Crippen MR) is 422 cm³/mol. The molecule has 0 radical (unpaired) electrons. The predicted octanol–water partition coefficient (Wildman–Crippen LogP) is -39.0. The fourth-order valence-electron chi connectivity index (χ4n) is 14.2. The smallest absolute Gasteiger partial charge is 0.550 e. The van der Waals surface area contributed by atoms with Crippen LogP contribution in [0.2, 0.25) is 0 Å². The molecule has 736 valence electrons. The largest absolute Gasteiger partial charge is 1.00 e. The van der Waals surface area contributed by atoms with Crippen LogP contribution in [0.25, 0.3) is 0 Å². The summed E-state index contributed by atoms with van der Waals surface area (Å²) in [5, 5.41) is 252. The molecule has 0 saturated carbocycles. The third kappa shape index (κ3) is 44.5. The van der Waals surface area contributed by atoms with Crippen molar-refractivity contribution < 1.29 is 472 Å². The van der Waals surface area contributed by atoms with Gasteiger partial charge in [0.05, 0.1) is 48.8 Å². The van der Waals surface area contributed by atoms with E-state index in [1.165, 1.54) is 0 Å². The molecule has 30 aliphatic rings. The molecule has 0 aromatic heterocycles. The minimum Gasteiger partial charge on any atom is -0.550 e. The van der Waals surface area contributed by atoms with Crippen molar-refractivity contribution >= 4 is 142 Å². The molecule has 0 amide bonds. The van der Waals surface area contributed by atoms with Crippen molar-refractivity contribution in [1.29, 1.82) is 0 Å². The van der Waals surface area contributed by atoms with Gasteiger partial charge in [0.25, 0.3) is 0 Å². The summed E-state index contributed by atoms with van der Waals surface area (Å²) in [5.74, 6) is -9.96. The van der Waals surface area contributed by atoms with Crippen molar-refractivity contribution in [3.8, 4) is 0 Å². The Morgan fingerprint density at radius 2 is 0.309 bits per heavy atom. The number of ether oxygens (including phenoxy) is 16. The summed E-state index contributed by atoms with van der Waals surface area (Å²) < 4.78 is 100. The zero-order valence-electron chi connectivity index (χ0n) is 75.5. The number of hydrogen-bond donors (Lipinski definition) is 16. The maximum atomic E-state index is 12.2. The molecule has 136 heavy (non-hydrogen) atoms. The van der Waals surface area contributed by atoms with Crippen LogP contribution < -0.4 is 262 Å². The molecule has 30 aliphatic heterocycles. The quantitative estimate of drug-likeness (QED) is 0.0162. The number of carbonyl (C=O) groups excluding carboxylic acids is 11. The van der Waals surface area contributed by atoms with Gasteiger partial charge in [-0.05, 0) is 60.9 Å². The Morgan fingerprint density at radius 1 is 0.206 bits per heavy atom. The van der Waals surface area contributed by atoms with Crippen LogP contribution in [-0.2, 0) is 129 Å². The van der Waals surface area contributed by atoms with Crippen LogP contribution in [0.15, 0.2) is 0 Å². The average molecular weight is 2180 g/mol. The first kappa shape index (κ1) is 145. The molecule has 30 rings (SSSR count). The van der Waals surface area contributed by atoms with E-state index in [0.717, 1.165) is 94.1 Å². The number of aliphatic carboxylic acids is 5. The van der Waals surface area contributed by atoms with E-state index >= 15 is 0 Å². The summed E-state index contributed by atoms with van der Waals surface area (Å²) in [5.41, 5.74) is 0. The Morgan fingerprint density at radius 3 is 0.404 bits per heavy atom. The molecule has 16 bridgehead atoms. The first-order valence-corrected chi connectivity index (χ1v) is 48.5. The van der Waals surface area contributed by atoms with Crippen LogP contribution in [0, 0.1) is 20.8 Å². The van der Waals surface area contributed by atoms with Gasteiger partial charge in [-0.1, -0.05) is 0 Å². The molecule has 0 aliphatic carbocycles. The van der Waals surface area contributed by atoms with Crippen LogP contribution in [0.4, 0.5) is 0 Å². The summed E-state index contributed by atoms with van der Waals surface area (Å²) in [6.45, 7) is 11.5. The van der Waals surface area contributed by atoms with Crippen molar-refractivity contribution in [3.05, 3.63) is 20.8 Å². The molecule has 48 nitrogen and oxygen atoms in total. The number of rotatable bonds is 34. The molecule has 30 heterocycles. The maximum Gasteiger partial charge on any atom is 1.00 e. The minimum absolute atomic E-state index is 0. The average Bonchev–Trinajstić information content (AvgIpc) is 0.766. The summed E-state index contributed by atoms with van der Waals surface area (Å²) in [6.07, 6.45) is -79.9. The Hall–Kier alpha value is 5.01. The third-order valence-corrected chi connectivity index (χ3v) is 28.2. The molecule has 40 atom stereocenters. The van der Waals surface area contributed by atoms with Gasteiger partial charge in [-0.3, -0.25) is 0 Å². The summed E-state index contributed by atoms with van der Waals surface area (Å²) in [4.78, 5) is 107. The standard InChI is InChI=1S/C69H109O42S8.3CO2.8Na/c1-4-112-17-25-54-38(80)46(88)62(96-25)105-55-26(18-113-5-2)98-64(48(90)40(55)82)107-57-28(20-115-12-7-33(70)71)100-66(50(92)42(57)84)109-59-30(22-117-14-9-35(74)75)102-68(52(94)44(59)86)111-61-32(24-119-16-11-37(78)79)103-69(53(95)45(61)87)110-60-31(23-118-15-10-36(76)77)101-67(51(93)43(60)85)108-58-29(21-116-13-8-34(72)73)99-65(49(91)41(58)83)106-56-27(19-114-6-3)97-63(104-54)47(89)39(56)81;3*2-1-3;;;;;;;;/h25-32,38-69,80-95H,1-24H2,(H,70,71)(H,72,73)(H,74,75)(H,76,77)(H,78,79);;;;;;;;;;;/q-3;;;;8*+1/p-5. The second-order valence-electron chi connectivity index (χ2n) is 29.0. The van der Waals surface area contributed by atoms with Crippen molar-refractivity contribution in [2.45, 2.75) is 278 Å². The zero-order chi connectivity index (χ0) is 94.9. The van der Waals surface area contributed by atoms with Crippen LogP contribution in [0.1, 0.15) is 32.1 Å². The second kappa shape index (κ2) is 76.5. The number of aliphatic hydroxyl groups is 16. The normalized spacial score (nSPS) is 38.6. The van der Waals surface area contributed by atoms with Gasteiger partial charge >= 0.3 is 255 Å². The Kier molecular flexibility index (Phi) is 81.7. The number of hydrogen-bond acceptors (Lipinski definition) is 56. The molecule has 30 saturated heterocycles. The van der Waals surface area contributed by atoms with Gasteiger partial charge < -0.3 is 228 Å². The van der Waals surface area contributed by atoms with Crippen LogP contribution in [0.5, 0.6) is 0 Å². The monoisotopic (exact) mass is 2180 g/mol. The van der Waals surface area contributed by atoms with E-state index in [1.54, 1.807) is 0 Å². The fourth-order valence-corrected chi connectivity index (χ4v) is 21.1. The molecular weight excluding hydrogens is 2070 g/mol. The number of carboxylic acids is 5. The van der Waals surface area contributed by atoms with Crippen molar-refractivity contribution in [2.75, 3.05) is 92.0 Å². The van der Waals surface area contributed by atoms with Gasteiger partial charge in [-0.15, -0.1) is 17.3 Å². The molecular formula is C72H104Na8O48S8. The second-order valence-corrected chi connectivity index (χ2v) is 38.2. The van der Waals surface area contributed by atoms with E-state index in [1.807, 2.05) is 0 Å². The van der Waals surface area contributed by atoms with Crippen LogP contribution in [-0.4, -0.2) is 468 Å². The molecule has 16 N–H and O–H groups in total. The SMILES string of the molecule is O=C=O.O=C=O.O=C=O.[CH2-]CSCC1OC2OC3C(CSC[CH2-])OC(OC4C(CSCCC(=O)[O-])OC(OC5C(CSCCC(=O)[O-])OC(OC6C(CSCCC(=O)[O-])OC(OC7C(CSCCC(=O)[O-])OC(OC8C(CSCCC(=O)[O-])OC(OC9C(CSC[CH2-])OC(OC1C(O)C2O)C(O)C9O)C(O)C8O)C(O)C7O)C(O)C6O)C(O)C5O)C(O)C4O)C(O)C3O.[Na+].[Na+].[Na+].[Na+].[Na+].[Na+].[Na+].[Na+]. The summed E-state index contributed by atoms with van der Waals surface area (Å²) >= 11 is 7.76. The number of carbonyl (C=O) groups is 5. The van der Waals surface area contributed by atoms with Gasteiger partial charge in [-0.25, -0.2) is 0 Å². The van der Waals surface area contributed by atoms with Crippen LogP contribution in [0.3, 0.4) is 0 Å². The van der Waals surface area contributed by atoms with E-state index in [2.05, 4.69) is 20.8 Å². The summed E-state index contributed by atoms with van der Waals surface area (Å²) in [7, 11) is 0. The molecule has 0 spiro atoms. The third-order valence-electron chi connectivity index (χ3n) is 20.4. The number of aliphatic hydroxyl groups excluding tert-OH is 16. The van der Waals surface area contributed by atoms with E-state index in [9.17, 15) is 131 Å². The van der Waals surface area contributed by atoms with Gasteiger partial charge in [0.1, 0.15) is 146 Å². The van der Waals surface area contributed by atoms with Crippen molar-refractivity contribution in [3.63, 3.8) is 0 Å². The van der Waals surface area contributed by atoms with Gasteiger partial charge in [0.15, 0.2) is 50.3 Å². The van der Waals surface area contributed by atoms with Gasteiger partial charge in [0.2, 0.25) is 0 Å². The number of carboxylic acid groups (broad SMARTS) is 5. The Balaban J connectivity index is -0.00001000. The van der Waals surface area contributed by atoms with Crippen molar-refractivity contribution in [2.24, 2.45) is 0 Å². The first-order chi connectivity index (χ1) is 60.9. The number of thioether (sulfide) groups is 8. The van der Waals surface area contributed by atoms with Crippen molar-refractivity contribution in [1.82, 2.24) is 0 Å². The van der Waals surface area contributed by atoms with Gasteiger partial charge in [-0.2, -0.15) is 123 Å². The topological polar surface area (TPSA) is 774 Å². The van der Waals surface area contributed by atoms with Gasteiger partial charge in [0, 0.05) is 75.9 Å². The maximum absolute atomic E-state index is 12.2. The first-order valence-electron chi connectivity index (χ1n) is 39.3. The molecule has 0 aromatic carbocycles. The molecule has 30 fully saturated rings. The van der Waals surface area contributed by atoms with E-state index in [4.69, 9.17) is 105 Å². The van der Waals surface area contributed by atoms with E-state index in [-0.39, 0.29) is 347 Å².